The van der Waals surface area contributed by atoms with E-state index in [9.17, 15) is 9.59 Å². The maximum atomic E-state index is 12.9. The number of hydrogen-bond donors (Lipinski definition) is 1. The van der Waals surface area contributed by atoms with Crippen LogP contribution >= 0.6 is 0 Å². The Labute approximate surface area is 168 Å². The number of carbonyl (C=O) groups is 2. The van der Waals surface area contributed by atoms with Crippen molar-refractivity contribution in [1.29, 1.82) is 0 Å². The average molecular weight is 381 g/mol. The predicted molar refractivity (Wildman–Crippen MR) is 109 cm³/mol. The number of rotatable bonds is 4. The lowest BCUT2D eigenvalue weighted by molar-refractivity contribution is -0.133. The smallest absolute Gasteiger partial charge is 0.222 e. The molecule has 1 aliphatic heterocycles. The summed E-state index contributed by atoms with van der Waals surface area (Å²) in [4.78, 5) is 27.0. The summed E-state index contributed by atoms with van der Waals surface area (Å²) in [7, 11) is 0. The van der Waals surface area contributed by atoms with Crippen LogP contribution < -0.4 is 5.32 Å². The van der Waals surface area contributed by atoms with Gasteiger partial charge in [-0.15, -0.1) is 0 Å². The van der Waals surface area contributed by atoms with Crippen molar-refractivity contribution in [2.24, 2.45) is 23.2 Å². The quantitative estimate of drug-likeness (QED) is 0.862. The van der Waals surface area contributed by atoms with Crippen LogP contribution in [0.15, 0.2) is 24.3 Å². The molecule has 1 N–H and O–H groups in total. The van der Waals surface area contributed by atoms with Crippen molar-refractivity contribution in [3.05, 3.63) is 35.4 Å². The Morgan fingerprint density at radius 1 is 1.07 bits per heavy atom. The van der Waals surface area contributed by atoms with Crippen LogP contribution in [0.2, 0.25) is 0 Å². The van der Waals surface area contributed by atoms with Crippen LogP contribution in [0.25, 0.3) is 0 Å². The molecule has 0 radical (unpaired) electrons. The molecule has 0 aromatic heterocycles. The zero-order chi connectivity index (χ0) is 19.3. The molecular formula is C24H32N2O2. The lowest BCUT2D eigenvalue weighted by Gasteiger charge is -2.57. The summed E-state index contributed by atoms with van der Waals surface area (Å²) in [6.45, 7) is 3.16. The molecule has 1 atom stereocenters. The normalized spacial score (nSPS) is 35.5. The molecule has 4 saturated carbocycles. The van der Waals surface area contributed by atoms with Gasteiger partial charge in [-0.25, -0.2) is 0 Å². The second-order valence-electron chi connectivity index (χ2n) is 10.1. The van der Waals surface area contributed by atoms with Gasteiger partial charge in [0.2, 0.25) is 11.8 Å². The Morgan fingerprint density at radius 3 is 2.36 bits per heavy atom. The summed E-state index contributed by atoms with van der Waals surface area (Å²) in [5.41, 5.74) is 2.78. The number of fused-ring (bicyclic) bond motifs is 1. The Morgan fingerprint density at radius 2 is 1.71 bits per heavy atom. The highest BCUT2D eigenvalue weighted by Gasteiger charge is 2.50. The van der Waals surface area contributed by atoms with Crippen LogP contribution in [0.4, 0.5) is 0 Å². The largest absolute Gasteiger partial charge is 0.355 e. The van der Waals surface area contributed by atoms with Crippen molar-refractivity contribution in [3.8, 4) is 0 Å². The van der Waals surface area contributed by atoms with Crippen LogP contribution in [0.1, 0.15) is 69.0 Å². The number of nitrogens with zero attached hydrogens (tertiary/aromatic N) is 1. The van der Waals surface area contributed by atoms with E-state index in [1.165, 1.54) is 44.1 Å². The molecule has 4 bridgehead atoms. The van der Waals surface area contributed by atoms with Gasteiger partial charge in [-0.1, -0.05) is 24.3 Å². The van der Waals surface area contributed by atoms with Crippen LogP contribution in [0, 0.1) is 23.2 Å². The molecule has 4 aliphatic carbocycles. The van der Waals surface area contributed by atoms with Crippen molar-refractivity contribution in [2.75, 3.05) is 13.1 Å². The molecule has 0 spiro atoms. The number of carbonyl (C=O) groups excluding carboxylic acids is 2. The minimum Gasteiger partial charge on any atom is -0.355 e. The molecule has 1 aromatic rings. The first kappa shape index (κ1) is 18.2. The molecule has 1 aromatic carbocycles. The first-order valence-electron chi connectivity index (χ1n) is 11.1. The number of amides is 2. The van der Waals surface area contributed by atoms with Gasteiger partial charge in [-0.2, -0.15) is 0 Å². The van der Waals surface area contributed by atoms with Crippen LogP contribution in [-0.2, 0) is 16.0 Å². The van der Waals surface area contributed by atoms with Gasteiger partial charge in [0.25, 0.3) is 0 Å². The second-order valence-corrected chi connectivity index (χ2v) is 10.1. The van der Waals surface area contributed by atoms with Crippen LogP contribution in [0.5, 0.6) is 0 Å². The number of hydrogen-bond acceptors (Lipinski definition) is 2. The van der Waals surface area contributed by atoms with Gasteiger partial charge < -0.3 is 10.2 Å². The maximum absolute atomic E-state index is 12.9. The van der Waals surface area contributed by atoms with Gasteiger partial charge in [0.1, 0.15) is 0 Å². The van der Waals surface area contributed by atoms with E-state index in [-0.39, 0.29) is 17.9 Å². The first-order chi connectivity index (χ1) is 13.5. The third-order valence-electron chi connectivity index (χ3n) is 8.02. The van der Waals surface area contributed by atoms with Gasteiger partial charge in [0.05, 0.1) is 12.5 Å². The Hall–Kier alpha value is -1.84. The van der Waals surface area contributed by atoms with Gasteiger partial charge in [-0.05, 0) is 79.2 Å². The molecule has 1 heterocycles. The van der Waals surface area contributed by atoms with Crippen LogP contribution in [0.3, 0.4) is 0 Å². The predicted octanol–water partition coefficient (Wildman–Crippen LogP) is 3.86. The Bertz CT molecular complexity index is 751. The molecule has 150 valence electrons. The molecule has 2 amide bonds. The van der Waals surface area contributed by atoms with E-state index in [1.807, 2.05) is 17.0 Å². The molecule has 5 aliphatic rings. The summed E-state index contributed by atoms with van der Waals surface area (Å²) in [6.07, 6.45) is 9.48. The number of nitrogens with one attached hydrogen (secondary N) is 1. The highest BCUT2D eigenvalue weighted by molar-refractivity contribution is 5.79. The monoisotopic (exact) mass is 380 g/mol. The fraction of sp³-hybridized carbons (Fsp3) is 0.667. The standard InChI is InChI=1S/C24H32N2O2/c1-16(27)26-7-6-20-4-2-3-5-21(20)22(26)11-23(28)25-15-24-12-17-8-18(13-24)10-19(9-17)14-24/h2-5,17-19,22H,6-15H2,1H3,(H,25,28). The fourth-order valence-corrected chi connectivity index (χ4v) is 7.29. The van der Waals surface area contributed by atoms with Crippen molar-refractivity contribution in [3.63, 3.8) is 0 Å². The van der Waals surface area contributed by atoms with Crippen LogP contribution in [-0.4, -0.2) is 29.8 Å². The lowest BCUT2D eigenvalue weighted by Crippen LogP contribution is -2.51. The maximum Gasteiger partial charge on any atom is 0.222 e. The zero-order valence-electron chi connectivity index (χ0n) is 17.0. The molecule has 6 rings (SSSR count). The minimum absolute atomic E-state index is 0.0633. The number of benzene rings is 1. The minimum atomic E-state index is -0.126. The molecule has 0 saturated heterocycles. The fourth-order valence-electron chi connectivity index (χ4n) is 7.29. The molecule has 4 fully saturated rings. The van der Waals surface area contributed by atoms with E-state index < -0.39 is 0 Å². The molecule has 4 nitrogen and oxygen atoms in total. The molecule has 28 heavy (non-hydrogen) atoms. The van der Waals surface area contributed by atoms with E-state index >= 15 is 0 Å². The summed E-state index contributed by atoms with van der Waals surface area (Å²) in [5, 5.41) is 3.30. The van der Waals surface area contributed by atoms with Crippen molar-refractivity contribution < 1.29 is 9.59 Å². The first-order valence-corrected chi connectivity index (χ1v) is 11.1. The molecule has 1 unspecified atom stereocenters. The Kier molecular flexibility index (Phi) is 4.48. The van der Waals surface area contributed by atoms with Gasteiger partial charge in [-0.3, -0.25) is 9.59 Å². The highest BCUT2D eigenvalue weighted by atomic mass is 16.2. The van der Waals surface area contributed by atoms with E-state index in [0.717, 1.165) is 36.3 Å². The van der Waals surface area contributed by atoms with E-state index in [4.69, 9.17) is 0 Å². The van der Waals surface area contributed by atoms with Gasteiger partial charge in [0.15, 0.2) is 0 Å². The van der Waals surface area contributed by atoms with Crippen molar-refractivity contribution >= 4 is 11.8 Å². The third-order valence-corrected chi connectivity index (χ3v) is 8.02. The van der Waals surface area contributed by atoms with E-state index in [0.29, 0.717) is 18.4 Å². The summed E-state index contributed by atoms with van der Waals surface area (Å²) >= 11 is 0. The SMILES string of the molecule is CC(=O)N1CCc2ccccc2C1CC(=O)NCC12CC3CC(CC(C3)C1)C2. The Balaban J connectivity index is 1.27. The third kappa shape index (κ3) is 3.25. The summed E-state index contributed by atoms with van der Waals surface area (Å²) in [6, 6.07) is 8.16. The average Bonchev–Trinajstić information content (AvgIpc) is 2.65. The zero-order valence-corrected chi connectivity index (χ0v) is 17.0. The highest BCUT2D eigenvalue weighted by Crippen LogP contribution is 2.59. The van der Waals surface area contributed by atoms with Crippen molar-refractivity contribution in [1.82, 2.24) is 10.2 Å². The second kappa shape index (κ2) is 6.89. The van der Waals surface area contributed by atoms with E-state index in [2.05, 4.69) is 17.4 Å². The van der Waals surface area contributed by atoms with Gasteiger partial charge in [0, 0.05) is 20.0 Å². The summed E-state index contributed by atoms with van der Waals surface area (Å²) in [5.74, 6) is 2.88. The topological polar surface area (TPSA) is 49.4 Å². The van der Waals surface area contributed by atoms with Crippen molar-refractivity contribution in [2.45, 2.75) is 64.3 Å². The van der Waals surface area contributed by atoms with E-state index in [1.54, 1.807) is 6.92 Å². The molecule has 4 heteroatoms. The molecular weight excluding hydrogens is 348 g/mol. The lowest BCUT2D eigenvalue weighted by atomic mass is 9.49. The summed E-state index contributed by atoms with van der Waals surface area (Å²) < 4.78 is 0. The van der Waals surface area contributed by atoms with Gasteiger partial charge >= 0.3 is 0 Å².